The highest BCUT2D eigenvalue weighted by molar-refractivity contribution is 9.09. The summed E-state index contributed by atoms with van der Waals surface area (Å²) < 4.78 is 0. The minimum atomic E-state index is 0.277. The Bertz CT molecular complexity index is 153. The number of nitrogens with zero attached hydrogens (tertiary/aromatic N) is 1. The fourth-order valence-corrected chi connectivity index (χ4v) is 2.14. The molecule has 0 bridgehead atoms. The molecule has 1 atom stereocenters. The van der Waals surface area contributed by atoms with Crippen LogP contribution in [-0.2, 0) is 4.79 Å². The van der Waals surface area contributed by atoms with Crippen LogP contribution in [0.15, 0.2) is 0 Å². The SMILES string of the molecule is CSCC(=O)N1CCC(Br)C1. The van der Waals surface area contributed by atoms with E-state index in [-0.39, 0.29) is 5.91 Å². The third kappa shape index (κ3) is 2.67. The highest BCUT2D eigenvalue weighted by Gasteiger charge is 2.23. The summed E-state index contributed by atoms with van der Waals surface area (Å²) in [6, 6.07) is 0. The molecule has 0 saturated carbocycles. The predicted octanol–water partition coefficient (Wildman–Crippen LogP) is 1.35. The maximum atomic E-state index is 11.3. The van der Waals surface area contributed by atoms with E-state index in [1.54, 1.807) is 11.8 Å². The average molecular weight is 238 g/mol. The second-order valence-corrected chi connectivity index (χ2v) is 4.82. The molecule has 0 aliphatic carbocycles. The molecule has 0 aromatic rings. The van der Waals surface area contributed by atoms with E-state index in [0.29, 0.717) is 10.6 Å². The molecule has 1 fully saturated rings. The van der Waals surface area contributed by atoms with Gasteiger partial charge in [0.2, 0.25) is 5.91 Å². The molecule has 0 radical (unpaired) electrons. The van der Waals surface area contributed by atoms with Crippen LogP contribution in [0.5, 0.6) is 0 Å². The Labute approximate surface area is 79.8 Å². The lowest BCUT2D eigenvalue weighted by Gasteiger charge is -2.14. The van der Waals surface area contributed by atoms with Crippen molar-refractivity contribution >= 4 is 33.6 Å². The molecule has 1 amide bonds. The second kappa shape index (κ2) is 4.36. The van der Waals surface area contributed by atoms with Crippen molar-refractivity contribution in [3.63, 3.8) is 0 Å². The van der Waals surface area contributed by atoms with Crippen LogP contribution in [-0.4, -0.2) is 40.7 Å². The summed E-state index contributed by atoms with van der Waals surface area (Å²) >= 11 is 5.09. The molecule has 0 aromatic heterocycles. The first kappa shape index (κ1) is 9.39. The van der Waals surface area contributed by atoms with E-state index < -0.39 is 0 Å². The molecule has 1 aliphatic heterocycles. The van der Waals surface area contributed by atoms with Gasteiger partial charge in [-0.05, 0) is 12.7 Å². The zero-order valence-electron chi connectivity index (χ0n) is 6.55. The Morgan fingerprint density at radius 1 is 1.82 bits per heavy atom. The van der Waals surface area contributed by atoms with Gasteiger partial charge >= 0.3 is 0 Å². The van der Waals surface area contributed by atoms with Gasteiger partial charge in [-0.3, -0.25) is 4.79 Å². The number of carbonyl (C=O) groups is 1. The molecule has 1 unspecified atom stereocenters. The Morgan fingerprint density at radius 3 is 3.00 bits per heavy atom. The Balaban J connectivity index is 2.31. The van der Waals surface area contributed by atoms with Crippen molar-refractivity contribution in [2.75, 3.05) is 25.1 Å². The summed E-state index contributed by atoms with van der Waals surface area (Å²) in [5, 5.41) is 0. The maximum Gasteiger partial charge on any atom is 0.232 e. The lowest BCUT2D eigenvalue weighted by molar-refractivity contribution is -0.127. The summed E-state index contributed by atoms with van der Waals surface area (Å²) in [5.41, 5.74) is 0. The van der Waals surface area contributed by atoms with Crippen LogP contribution in [0, 0.1) is 0 Å². The smallest absolute Gasteiger partial charge is 0.232 e. The second-order valence-electron chi connectivity index (χ2n) is 2.66. The first-order chi connectivity index (χ1) is 5.24. The van der Waals surface area contributed by atoms with E-state index in [1.807, 2.05) is 11.2 Å². The summed E-state index contributed by atoms with van der Waals surface area (Å²) in [6.45, 7) is 1.81. The number of hydrogen-bond donors (Lipinski definition) is 0. The van der Waals surface area contributed by atoms with Crippen LogP contribution in [0.2, 0.25) is 0 Å². The minimum Gasteiger partial charge on any atom is -0.341 e. The van der Waals surface area contributed by atoms with E-state index in [4.69, 9.17) is 0 Å². The van der Waals surface area contributed by atoms with Gasteiger partial charge in [0.1, 0.15) is 0 Å². The number of alkyl halides is 1. The molecular formula is C7H12BrNOS. The van der Waals surface area contributed by atoms with Crippen molar-refractivity contribution in [2.45, 2.75) is 11.2 Å². The zero-order valence-corrected chi connectivity index (χ0v) is 8.95. The summed E-state index contributed by atoms with van der Waals surface area (Å²) in [7, 11) is 0. The molecule has 2 nitrogen and oxygen atoms in total. The quantitative estimate of drug-likeness (QED) is 0.677. The van der Waals surface area contributed by atoms with Crippen molar-refractivity contribution in [1.82, 2.24) is 4.90 Å². The Kier molecular flexibility index (Phi) is 3.72. The third-order valence-corrected chi connectivity index (χ3v) is 3.03. The lowest BCUT2D eigenvalue weighted by Crippen LogP contribution is -2.30. The van der Waals surface area contributed by atoms with Gasteiger partial charge in [-0.1, -0.05) is 15.9 Å². The van der Waals surface area contributed by atoms with Gasteiger partial charge in [-0.15, -0.1) is 0 Å². The molecule has 1 heterocycles. The average Bonchev–Trinajstić information content (AvgIpc) is 2.36. The molecule has 64 valence electrons. The highest BCUT2D eigenvalue weighted by Crippen LogP contribution is 2.16. The van der Waals surface area contributed by atoms with Gasteiger partial charge in [0.25, 0.3) is 0 Å². The van der Waals surface area contributed by atoms with Crippen molar-refractivity contribution in [1.29, 1.82) is 0 Å². The zero-order chi connectivity index (χ0) is 8.27. The van der Waals surface area contributed by atoms with Gasteiger partial charge in [-0.2, -0.15) is 11.8 Å². The summed E-state index contributed by atoms with van der Waals surface area (Å²) in [4.78, 5) is 13.7. The van der Waals surface area contributed by atoms with E-state index in [2.05, 4.69) is 15.9 Å². The molecule has 1 saturated heterocycles. The number of rotatable bonds is 2. The molecule has 0 N–H and O–H groups in total. The number of hydrogen-bond acceptors (Lipinski definition) is 2. The van der Waals surface area contributed by atoms with Gasteiger partial charge < -0.3 is 4.90 Å². The summed E-state index contributed by atoms with van der Waals surface area (Å²) in [6.07, 6.45) is 3.06. The largest absolute Gasteiger partial charge is 0.341 e. The van der Waals surface area contributed by atoms with Crippen LogP contribution in [0.3, 0.4) is 0 Å². The van der Waals surface area contributed by atoms with Crippen molar-refractivity contribution in [2.24, 2.45) is 0 Å². The van der Waals surface area contributed by atoms with Crippen LogP contribution in [0.4, 0.5) is 0 Å². The molecule has 1 aliphatic rings. The number of amides is 1. The van der Waals surface area contributed by atoms with Crippen LogP contribution < -0.4 is 0 Å². The molecule has 11 heavy (non-hydrogen) atoms. The highest BCUT2D eigenvalue weighted by atomic mass is 79.9. The molecule has 0 aromatic carbocycles. The standard InChI is InChI=1S/C7H12BrNOS/c1-11-5-7(10)9-3-2-6(8)4-9/h6H,2-5H2,1H3. The van der Waals surface area contributed by atoms with Crippen molar-refractivity contribution < 1.29 is 4.79 Å². The fourth-order valence-electron chi connectivity index (χ4n) is 1.16. The van der Waals surface area contributed by atoms with Crippen LogP contribution in [0.25, 0.3) is 0 Å². The lowest BCUT2D eigenvalue weighted by atomic mass is 10.4. The maximum absolute atomic E-state index is 11.3. The number of carbonyl (C=O) groups excluding carboxylic acids is 1. The molecule has 4 heteroatoms. The third-order valence-electron chi connectivity index (χ3n) is 1.75. The first-order valence-electron chi connectivity index (χ1n) is 3.65. The van der Waals surface area contributed by atoms with E-state index in [0.717, 1.165) is 19.5 Å². The van der Waals surface area contributed by atoms with Gasteiger partial charge in [0, 0.05) is 17.9 Å². The Morgan fingerprint density at radius 2 is 2.55 bits per heavy atom. The Hall–Kier alpha value is 0.300. The molecular weight excluding hydrogens is 226 g/mol. The van der Waals surface area contributed by atoms with Crippen LogP contribution in [0.1, 0.15) is 6.42 Å². The number of thioether (sulfide) groups is 1. The summed E-state index contributed by atoms with van der Waals surface area (Å²) in [5.74, 6) is 0.902. The molecule has 1 rings (SSSR count). The van der Waals surface area contributed by atoms with E-state index in [1.165, 1.54) is 0 Å². The van der Waals surface area contributed by atoms with E-state index in [9.17, 15) is 4.79 Å². The number of halogens is 1. The monoisotopic (exact) mass is 237 g/mol. The fraction of sp³-hybridized carbons (Fsp3) is 0.857. The first-order valence-corrected chi connectivity index (χ1v) is 5.95. The minimum absolute atomic E-state index is 0.277. The van der Waals surface area contributed by atoms with Gasteiger partial charge in [-0.25, -0.2) is 0 Å². The van der Waals surface area contributed by atoms with Crippen molar-refractivity contribution in [3.05, 3.63) is 0 Å². The van der Waals surface area contributed by atoms with Gasteiger partial charge in [0.15, 0.2) is 0 Å². The van der Waals surface area contributed by atoms with Gasteiger partial charge in [0.05, 0.1) is 5.75 Å². The van der Waals surface area contributed by atoms with E-state index >= 15 is 0 Å². The van der Waals surface area contributed by atoms with Crippen LogP contribution >= 0.6 is 27.7 Å². The number of likely N-dealkylation sites (tertiary alicyclic amines) is 1. The van der Waals surface area contributed by atoms with Crippen molar-refractivity contribution in [3.8, 4) is 0 Å². The molecule has 0 spiro atoms. The topological polar surface area (TPSA) is 20.3 Å². The predicted molar refractivity (Wildman–Crippen MR) is 52.3 cm³/mol. The normalized spacial score (nSPS) is 24.2.